The van der Waals surface area contributed by atoms with Crippen LogP contribution in [0.5, 0.6) is 5.75 Å². The van der Waals surface area contributed by atoms with Crippen molar-refractivity contribution in [3.8, 4) is 5.75 Å². The molecule has 17 amide bonds. The molecule has 1 saturated heterocycles. The van der Waals surface area contributed by atoms with Gasteiger partial charge in [0.1, 0.15) is 77.7 Å². The van der Waals surface area contributed by atoms with E-state index in [1.807, 2.05) is 5.32 Å². The SMILES string of the molecule is COc1ccc(C[C@@H]2NC(=O)[C@H](CC(C)C)NC(=O)[C@H](CCC(N)=O)NC(=O)[C@H](Cc3c[nH]c4ccccc34)NC(=O)C([C@@H](C)O)NC(=O)[C@H](CC(N)=O)NC(=O)[C@H](NC(C)=O)CCCCNC(=O)C[C@H](C(=O)N[C@@H](CC(N)=O)C(=O)N[C@@H](CC(N)=O)C(=O)O)NC(=O)C(C)(C)NC(=O)[C@H](Cc3cccc4ccccc34)NC2=O)cc1. The number of amides is 17. The van der Waals surface area contributed by atoms with E-state index in [9.17, 15) is 77.3 Å². The molecule has 5 aromatic rings. The number of nitrogens with one attached hydrogen (secondary N) is 14. The Morgan fingerprint density at radius 2 is 1.12 bits per heavy atom. The van der Waals surface area contributed by atoms with Crippen LogP contribution in [-0.4, -0.2) is 213 Å². The largest absolute Gasteiger partial charge is 0.497 e. The molecule has 0 spiro atoms. The monoisotopic (exact) mass is 1610 g/mol. The highest BCUT2D eigenvalue weighted by atomic mass is 16.5. The lowest BCUT2D eigenvalue weighted by Crippen LogP contribution is -2.64. The molecule has 1 aliphatic rings. The first-order valence-corrected chi connectivity index (χ1v) is 37.3. The molecule has 0 saturated carbocycles. The summed E-state index contributed by atoms with van der Waals surface area (Å²) in [7, 11) is 1.41. The van der Waals surface area contributed by atoms with Crippen LogP contribution < -0.4 is 96.8 Å². The van der Waals surface area contributed by atoms with Crippen LogP contribution >= 0.6 is 0 Å². The molecule has 4 aromatic carbocycles. The Hall–Kier alpha value is -13.1. The number of aromatic nitrogens is 1. The summed E-state index contributed by atoms with van der Waals surface area (Å²) in [5.74, 6) is -21.0. The minimum Gasteiger partial charge on any atom is -0.497 e. The van der Waals surface area contributed by atoms with Crippen molar-refractivity contribution in [2.45, 2.75) is 203 Å². The van der Waals surface area contributed by atoms with Crippen LogP contribution in [0.2, 0.25) is 0 Å². The van der Waals surface area contributed by atoms with Gasteiger partial charge in [-0.2, -0.15) is 0 Å². The maximum absolute atomic E-state index is 15.4. The molecule has 39 nitrogen and oxygen atoms in total. The highest BCUT2D eigenvalue weighted by molar-refractivity contribution is 6.03. The number of rotatable bonds is 25. The highest BCUT2D eigenvalue weighted by Gasteiger charge is 2.41. The molecule has 116 heavy (non-hydrogen) atoms. The van der Waals surface area contributed by atoms with Crippen LogP contribution in [0.1, 0.15) is 122 Å². The molecular weight excluding hydrogens is 1510 g/mol. The normalized spacial score (nSPS) is 21.8. The Morgan fingerprint density at radius 3 is 1.73 bits per heavy atom. The number of aliphatic hydroxyl groups excluding tert-OH is 1. The molecule has 1 aromatic heterocycles. The summed E-state index contributed by atoms with van der Waals surface area (Å²) in [6.07, 6.45) is -6.83. The molecule has 12 atom stereocenters. The molecule has 2 heterocycles. The summed E-state index contributed by atoms with van der Waals surface area (Å²) >= 11 is 0. The lowest BCUT2D eigenvalue weighted by molar-refractivity contribution is -0.144. The number of H-pyrrole nitrogens is 1. The average Bonchev–Trinajstić information content (AvgIpc) is 1.75. The smallest absolute Gasteiger partial charge is 0.326 e. The number of carboxylic acids is 1. The molecule has 0 aliphatic carbocycles. The molecule has 1 unspecified atom stereocenters. The number of hydrogen-bond acceptors (Lipinski definition) is 20. The lowest BCUT2D eigenvalue weighted by Gasteiger charge is -2.31. The first-order chi connectivity index (χ1) is 54.7. The van der Waals surface area contributed by atoms with Gasteiger partial charge >= 0.3 is 5.97 Å². The Balaban J connectivity index is 1.49. The Labute approximate surface area is 666 Å². The van der Waals surface area contributed by atoms with E-state index in [1.54, 1.807) is 105 Å². The summed E-state index contributed by atoms with van der Waals surface area (Å²) in [4.78, 5) is 253. The van der Waals surface area contributed by atoms with Gasteiger partial charge in [-0.3, -0.25) is 81.5 Å². The first kappa shape index (κ1) is 91.8. The van der Waals surface area contributed by atoms with Crippen LogP contribution in [-0.2, 0) is 106 Å². The third-order valence-corrected chi connectivity index (χ3v) is 18.7. The van der Waals surface area contributed by atoms with Crippen LogP contribution in [0.4, 0.5) is 0 Å². The number of ether oxygens (including phenoxy) is 1. The lowest BCUT2D eigenvalue weighted by atomic mass is 9.96. The second-order valence-electron chi connectivity index (χ2n) is 29.1. The summed E-state index contributed by atoms with van der Waals surface area (Å²) in [6, 6.07) is 5.30. The summed E-state index contributed by atoms with van der Waals surface area (Å²) in [5.41, 5.74) is 21.5. The number of aliphatic carboxylic acids is 1. The highest BCUT2D eigenvalue weighted by Crippen LogP contribution is 2.23. The molecule has 626 valence electrons. The number of carbonyl (C=O) groups is 18. The summed E-state index contributed by atoms with van der Waals surface area (Å²) in [5, 5.41) is 54.8. The number of aromatic amines is 1. The number of carboxylic acid groups (broad SMARTS) is 1. The minimum atomic E-state index is -2.18. The van der Waals surface area contributed by atoms with Crippen molar-refractivity contribution in [2.24, 2.45) is 28.9 Å². The van der Waals surface area contributed by atoms with Crippen molar-refractivity contribution in [2.75, 3.05) is 13.7 Å². The fraction of sp³-hybridized carbons (Fsp3) is 0.455. The zero-order valence-electron chi connectivity index (χ0n) is 65.1. The maximum Gasteiger partial charge on any atom is 0.326 e. The third-order valence-electron chi connectivity index (χ3n) is 18.7. The van der Waals surface area contributed by atoms with Gasteiger partial charge in [0, 0.05) is 56.3 Å². The quantitative estimate of drug-likeness (QED) is 0.0263. The number of primary amides is 4. The average molecular weight is 1620 g/mol. The fourth-order valence-corrected chi connectivity index (χ4v) is 12.6. The molecule has 0 bridgehead atoms. The third kappa shape index (κ3) is 28.5. The fourth-order valence-electron chi connectivity index (χ4n) is 12.6. The number of nitrogens with two attached hydrogens (primary N) is 4. The van der Waals surface area contributed by atoms with Crippen molar-refractivity contribution in [3.05, 3.63) is 114 Å². The predicted molar refractivity (Wildman–Crippen MR) is 416 cm³/mol. The summed E-state index contributed by atoms with van der Waals surface area (Å²) < 4.78 is 5.37. The standard InChI is InChI=1S/C77H102N18O21/c1-38(2)29-51-67(105)87-52(30-41-22-24-45(116-7)25-23-41)68(106)88-54(31-43-17-14-16-42-15-8-9-18-46(42)43)73(111)95-77(5,6)76(115)93-57(71(109)90-55(33-60(79)99)70(108)92-58(75(113)114)35-62(81)101)36-63(102)82-28-13-12-21-49(84-40(4)97)65(103)89-56(34-61(80)100)72(110)94-64(39(3)96)74(112)91-53(32-44-37-83-48-20-11-10-19-47(44)48)69(107)85-50(66(104)86-51)26-27-59(78)98/h8-11,14-20,22-25,37-39,49-58,64,83,96H,12-13,21,26-36H2,1-7H3,(H2,78,98)(H2,79,99)(H2,80,100)(H2,81,101)(H,82,102)(H,84,97)(H,85,107)(H,86,104)(H,87,105)(H,88,106)(H,89,103)(H,90,109)(H,91,112)(H,92,108)(H,93,115)(H,94,110)(H,95,111)(H,113,114)/t39-,49-,50+,51+,52+,53+,54+,55+,56+,57-,58+,64?/m1/s1. The molecular formula is C77H102N18O21. The van der Waals surface area contributed by atoms with Crippen LogP contribution in [0.3, 0.4) is 0 Å². The van der Waals surface area contributed by atoms with Gasteiger partial charge in [-0.05, 0) is 104 Å². The molecule has 0 radical (unpaired) electrons. The van der Waals surface area contributed by atoms with Gasteiger partial charge in [0.15, 0.2) is 0 Å². The predicted octanol–water partition coefficient (Wildman–Crippen LogP) is -4.30. The van der Waals surface area contributed by atoms with E-state index >= 15 is 19.2 Å². The van der Waals surface area contributed by atoms with Crippen LogP contribution in [0.25, 0.3) is 21.7 Å². The van der Waals surface area contributed by atoms with E-state index in [4.69, 9.17) is 27.7 Å². The van der Waals surface area contributed by atoms with Gasteiger partial charge < -0.3 is 112 Å². The number of hydrogen-bond donors (Lipinski definition) is 20. The van der Waals surface area contributed by atoms with Gasteiger partial charge in [-0.15, -0.1) is 0 Å². The van der Waals surface area contributed by atoms with E-state index in [1.165, 1.54) is 27.2 Å². The molecule has 1 aliphatic heterocycles. The first-order valence-electron chi connectivity index (χ1n) is 37.3. The Morgan fingerprint density at radius 1 is 0.569 bits per heavy atom. The van der Waals surface area contributed by atoms with Crippen molar-refractivity contribution in [3.63, 3.8) is 0 Å². The van der Waals surface area contributed by atoms with Crippen molar-refractivity contribution in [1.82, 2.24) is 74.1 Å². The number of para-hydroxylation sites is 1. The number of carbonyl (C=O) groups excluding carboxylic acids is 17. The number of methoxy groups -OCH3 is 1. The molecule has 6 rings (SSSR count). The molecule has 24 N–H and O–H groups in total. The second-order valence-corrected chi connectivity index (χ2v) is 29.1. The van der Waals surface area contributed by atoms with Gasteiger partial charge in [-0.1, -0.05) is 86.6 Å². The molecule has 39 heteroatoms. The van der Waals surface area contributed by atoms with Gasteiger partial charge in [0.25, 0.3) is 0 Å². The molecule has 1 fully saturated rings. The van der Waals surface area contributed by atoms with E-state index in [0.717, 1.165) is 13.8 Å². The van der Waals surface area contributed by atoms with Crippen LogP contribution in [0, 0.1) is 5.92 Å². The van der Waals surface area contributed by atoms with Gasteiger partial charge in [0.2, 0.25) is 100 Å². The van der Waals surface area contributed by atoms with Gasteiger partial charge in [0.05, 0.1) is 38.9 Å². The van der Waals surface area contributed by atoms with Crippen LogP contribution in [0.15, 0.2) is 97.2 Å². The van der Waals surface area contributed by atoms with Crippen molar-refractivity contribution < 1.29 is 101 Å². The minimum absolute atomic E-state index is 0.0328. The van der Waals surface area contributed by atoms with Gasteiger partial charge in [-0.25, -0.2) is 4.79 Å². The van der Waals surface area contributed by atoms with E-state index in [2.05, 4.69) is 68.8 Å². The number of fused-ring (bicyclic) bond motifs is 2. The summed E-state index contributed by atoms with van der Waals surface area (Å²) in [6.45, 7) is 7.59. The van der Waals surface area contributed by atoms with E-state index < -0.39 is 229 Å². The van der Waals surface area contributed by atoms with E-state index in [-0.39, 0.29) is 51.5 Å². The topological polar surface area (TPSA) is 633 Å². The van der Waals surface area contributed by atoms with Crippen molar-refractivity contribution in [1.29, 1.82) is 0 Å². The zero-order chi connectivity index (χ0) is 85.8. The second kappa shape index (κ2) is 43.2. The number of aliphatic hydroxyl groups is 1. The maximum atomic E-state index is 15.4. The van der Waals surface area contributed by atoms with Crippen molar-refractivity contribution >= 4 is 128 Å². The van der Waals surface area contributed by atoms with E-state index in [0.29, 0.717) is 44.1 Å². The zero-order valence-corrected chi connectivity index (χ0v) is 65.1. The Kier molecular flexibility index (Phi) is 34.2. The Bertz CT molecular complexity index is 4470. The number of benzene rings is 4.